The minimum absolute atomic E-state index is 0.000382. The molecule has 19 heteroatoms. The number of amides is 6. The number of ether oxygens (including phenoxy) is 4. The van der Waals surface area contributed by atoms with Gasteiger partial charge in [-0.3, -0.25) is 48.1 Å². The number of thioether (sulfide) groups is 1. The molecule has 3 rings (SSSR count). The van der Waals surface area contributed by atoms with Gasteiger partial charge in [0, 0.05) is 82.8 Å². The number of rotatable bonds is 32. The van der Waals surface area contributed by atoms with Gasteiger partial charge in [-0.25, -0.2) is 0 Å². The summed E-state index contributed by atoms with van der Waals surface area (Å²) in [5.74, 6) is -1.85. The molecule has 6 amide bonds. The van der Waals surface area contributed by atoms with E-state index in [9.17, 15) is 43.2 Å². The highest BCUT2D eigenvalue weighted by Gasteiger charge is 2.51. The second kappa shape index (κ2) is 31.2. The van der Waals surface area contributed by atoms with Crippen LogP contribution in [-0.2, 0) is 62.1 Å². The van der Waals surface area contributed by atoms with E-state index in [0.29, 0.717) is 31.7 Å². The van der Waals surface area contributed by atoms with Crippen LogP contribution in [0.1, 0.15) is 184 Å². The van der Waals surface area contributed by atoms with Gasteiger partial charge in [-0.2, -0.15) is 0 Å². The molecule has 18 nitrogen and oxygen atoms in total. The zero-order chi connectivity index (χ0) is 52.6. The van der Waals surface area contributed by atoms with Crippen LogP contribution in [0.3, 0.4) is 0 Å². The van der Waals surface area contributed by atoms with E-state index < -0.39 is 53.6 Å². The molecule has 71 heavy (non-hydrogen) atoms. The SMILES string of the molecule is CCC(C)(CCCCCC(=O)NCCCCCS[C@@H]1OC(COC(C)=O)[C@H](OC(C)=O)C(OC(C)=O)C1NC(C)=O)NC(=O)CCCCCC(CC)(CC)NC(=O)C1CCC(CN2C(=O)C=CC2=O)CC1. The Balaban J connectivity index is 1.29. The average Bonchev–Trinajstić information content (AvgIpc) is 3.63. The third kappa shape index (κ3) is 21.6. The summed E-state index contributed by atoms with van der Waals surface area (Å²) in [6.07, 6.45) is 15.0. The van der Waals surface area contributed by atoms with Crippen molar-refractivity contribution in [1.29, 1.82) is 0 Å². The molecule has 4 unspecified atom stereocenters. The van der Waals surface area contributed by atoms with Crippen LogP contribution in [0.5, 0.6) is 0 Å². The van der Waals surface area contributed by atoms with Gasteiger partial charge in [0.15, 0.2) is 12.2 Å². The van der Waals surface area contributed by atoms with Crippen LogP contribution >= 0.6 is 11.8 Å². The largest absolute Gasteiger partial charge is 0.463 e. The molecule has 2 aliphatic heterocycles. The number of imide groups is 1. The molecule has 0 aromatic heterocycles. The zero-order valence-corrected chi connectivity index (χ0v) is 44.6. The van der Waals surface area contributed by atoms with E-state index in [1.807, 2.05) is 0 Å². The Labute approximate surface area is 426 Å². The predicted molar refractivity (Wildman–Crippen MR) is 269 cm³/mol. The van der Waals surface area contributed by atoms with Crippen molar-refractivity contribution in [2.45, 2.75) is 225 Å². The molecule has 6 atom stereocenters. The van der Waals surface area contributed by atoms with Crippen molar-refractivity contribution in [2.75, 3.05) is 25.4 Å². The third-order valence-corrected chi connectivity index (χ3v) is 15.5. The zero-order valence-electron chi connectivity index (χ0n) is 43.8. The fraction of sp³-hybridized carbons (Fsp3) is 0.788. The van der Waals surface area contributed by atoms with Crippen molar-refractivity contribution in [3.8, 4) is 0 Å². The highest BCUT2D eigenvalue weighted by Crippen LogP contribution is 2.34. The maximum Gasteiger partial charge on any atom is 0.303 e. The smallest absolute Gasteiger partial charge is 0.303 e. The lowest BCUT2D eigenvalue weighted by atomic mass is 9.80. The Kier molecular flexibility index (Phi) is 26.7. The molecular weight excluding hydrogens is 935 g/mol. The van der Waals surface area contributed by atoms with Crippen LogP contribution in [0.15, 0.2) is 12.2 Å². The van der Waals surface area contributed by atoms with Crippen molar-refractivity contribution in [3.05, 3.63) is 12.2 Å². The van der Waals surface area contributed by atoms with Crippen LogP contribution in [0.25, 0.3) is 0 Å². The molecule has 4 N–H and O–H groups in total. The van der Waals surface area contributed by atoms with Gasteiger partial charge in [0.25, 0.3) is 11.8 Å². The summed E-state index contributed by atoms with van der Waals surface area (Å²) in [5.41, 5.74) is -1.31. The molecule has 1 aliphatic carbocycles. The maximum atomic E-state index is 13.4. The van der Waals surface area contributed by atoms with E-state index in [1.54, 1.807) is 0 Å². The lowest BCUT2D eigenvalue weighted by molar-refractivity contribution is -0.211. The minimum Gasteiger partial charge on any atom is -0.463 e. The van der Waals surface area contributed by atoms with Crippen LogP contribution < -0.4 is 21.3 Å². The summed E-state index contributed by atoms with van der Waals surface area (Å²) in [4.78, 5) is 112. The number of hydrogen-bond acceptors (Lipinski definition) is 14. The van der Waals surface area contributed by atoms with Crippen molar-refractivity contribution in [2.24, 2.45) is 11.8 Å². The average molecular weight is 1020 g/mol. The molecule has 0 aromatic carbocycles. The monoisotopic (exact) mass is 1020 g/mol. The number of nitrogens with zero attached hydrogens (tertiary/aromatic N) is 1. The van der Waals surface area contributed by atoms with Gasteiger partial charge in [0.2, 0.25) is 23.6 Å². The summed E-state index contributed by atoms with van der Waals surface area (Å²) in [6.45, 7) is 14.1. The molecule has 2 heterocycles. The summed E-state index contributed by atoms with van der Waals surface area (Å²) < 4.78 is 22.4. The number of hydrogen-bond donors (Lipinski definition) is 4. The van der Waals surface area contributed by atoms with Crippen LogP contribution in [0.2, 0.25) is 0 Å². The summed E-state index contributed by atoms with van der Waals surface area (Å²) >= 11 is 1.40. The van der Waals surface area contributed by atoms with Gasteiger partial charge >= 0.3 is 17.9 Å². The fourth-order valence-corrected chi connectivity index (χ4v) is 10.9. The summed E-state index contributed by atoms with van der Waals surface area (Å²) in [5, 5.41) is 12.5. The Bertz CT molecular complexity index is 1800. The maximum absolute atomic E-state index is 13.4. The van der Waals surface area contributed by atoms with Gasteiger partial charge in [-0.15, -0.1) is 11.8 Å². The quantitative estimate of drug-likeness (QED) is 0.0252. The minimum atomic E-state index is -1.13. The molecule has 0 radical (unpaired) electrons. The Morgan fingerprint density at radius 2 is 1.30 bits per heavy atom. The molecular formula is C52H85N5O13S. The van der Waals surface area contributed by atoms with E-state index in [4.69, 9.17) is 18.9 Å². The first-order valence-corrected chi connectivity index (χ1v) is 27.2. The van der Waals surface area contributed by atoms with Gasteiger partial charge in [-0.1, -0.05) is 52.9 Å². The Morgan fingerprint density at radius 3 is 1.87 bits per heavy atom. The second-order valence-corrected chi connectivity index (χ2v) is 21.1. The number of esters is 3. The third-order valence-electron chi connectivity index (χ3n) is 14.2. The van der Waals surface area contributed by atoms with Gasteiger partial charge in [0.1, 0.15) is 24.2 Å². The van der Waals surface area contributed by atoms with Crippen LogP contribution in [-0.4, -0.2) is 125 Å². The van der Waals surface area contributed by atoms with E-state index in [0.717, 1.165) is 116 Å². The summed E-state index contributed by atoms with van der Waals surface area (Å²) in [7, 11) is 0. The highest BCUT2D eigenvalue weighted by molar-refractivity contribution is 7.99. The van der Waals surface area contributed by atoms with Crippen molar-refractivity contribution in [3.63, 3.8) is 0 Å². The van der Waals surface area contributed by atoms with Crippen molar-refractivity contribution < 1.29 is 62.1 Å². The van der Waals surface area contributed by atoms with E-state index in [1.165, 1.54) is 56.5 Å². The first-order valence-electron chi connectivity index (χ1n) is 26.2. The van der Waals surface area contributed by atoms with Crippen molar-refractivity contribution in [1.82, 2.24) is 26.2 Å². The number of carbonyl (C=O) groups excluding carboxylic acids is 9. The topological polar surface area (TPSA) is 242 Å². The highest BCUT2D eigenvalue weighted by atomic mass is 32.2. The molecule has 402 valence electrons. The predicted octanol–water partition coefficient (Wildman–Crippen LogP) is 6.25. The molecule has 0 bridgehead atoms. The molecule has 3 aliphatic rings. The lowest BCUT2D eigenvalue weighted by Crippen LogP contribution is -2.65. The van der Waals surface area contributed by atoms with E-state index in [-0.39, 0.29) is 59.1 Å². The van der Waals surface area contributed by atoms with Crippen molar-refractivity contribution >= 4 is 65.1 Å². The Morgan fingerprint density at radius 1 is 0.704 bits per heavy atom. The second-order valence-electron chi connectivity index (χ2n) is 19.9. The summed E-state index contributed by atoms with van der Waals surface area (Å²) in [6, 6.07) is -0.850. The van der Waals surface area contributed by atoms with Crippen LogP contribution in [0.4, 0.5) is 0 Å². The first-order chi connectivity index (χ1) is 33.7. The first kappa shape index (κ1) is 60.8. The molecule has 2 fully saturated rings. The molecule has 0 aromatic rings. The van der Waals surface area contributed by atoms with Gasteiger partial charge < -0.3 is 40.2 Å². The molecule has 1 saturated carbocycles. The number of unbranched alkanes of at least 4 members (excludes halogenated alkanes) is 6. The molecule has 0 spiro atoms. The Hall–Kier alpha value is -4.52. The van der Waals surface area contributed by atoms with Gasteiger partial charge in [0.05, 0.1) is 0 Å². The lowest BCUT2D eigenvalue weighted by Gasteiger charge is -2.45. The fourth-order valence-electron chi connectivity index (χ4n) is 9.67. The van der Waals surface area contributed by atoms with E-state index >= 15 is 0 Å². The number of nitrogens with one attached hydrogen (secondary N) is 4. The molecule has 1 saturated heterocycles. The van der Waals surface area contributed by atoms with Crippen LogP contribution in [0, 0.1) is 11.8 Å². The van der Waals surface area contributed by atoms with Gasteiger partial charge in [-0.05, 0) is 102 Å². The normalized spacial score (nSPS) is 23.0. The standard InChI is InChI=1S/C52H85N5O13S/c1-9-51(8,55-43(63)22-16-13-18-30-52(10-2,11-3)56-49(66)40-25-23-39(24-26-40)33-57-44(64)27-28-45(57)65)29-17-12-15-21-42(62)53-31-19-14-20-32-71-50-46(54-35(4)58)48(69-38(7)61)47(68-37(6)60)41(70-50)34-67-36(5)59/h27-28,39-41,46-48,50H,9-26,29-34H2,1-8H3,(H,53,62)(H,54,58)(H,55,63)(H,56,66)/t39?,40?,41?,46?,47-,48?,50-,51?/m0/s1. The number of carbonyl (C=O) groups is 9. The van der Waals surface area contributed by atoms with E-state index in [2.05, 4.69) is 49.0 Å².